The Bertz CT molecular complexity index is 4690. The van der Waals surface area contributed by atoms with Crippen molar-refractivity contribution < 1.29 is 162 Å². The van der Waals surface area contributed by atoms with Gasteiger partial charge in [-0.05, 0) is 102 Å². The van der Waals surface area contributed by atoms with E-state index in [4.69, 9.17) is 37.9 Å². The summed E-state index contributed by atoms with van der Waals surface area (Å²) in [6.45, 7) is 15.0. The summed E-state index contributed by atoms with van der Waals surface area (Å²) in [7, 11) is 0. The van der Waals surface area contributed by atoms with Gasteiger partial charge in [-0.15, -0.1) is 0 Å². The van der Waals surface area contributed by atoms with Crippen LogP contribution in [0.3, 0.4) is 0 Å². The van der Waals surface area contributed by atoms with Gasteiger partial charge in [-0.2, -0.15) is 35.1 Å². The standard InChI is InChI=1S/C23H24F6O3.C22H22F6O3.C21H20F6O3.C20H18F6O3/c1-3-4-5-6-14-11-30-22(31-12-14)15-7-19(26)21(20(27)8-15)23(28,29)32-16-9-17(24)13(2)18(25)10-16;1-3-4-5-13-10-29-21(30-11-13)14-6-18(25)20(19(26)7-14)22(27,28)31-15-8-16(23)12(2)17(24)9-15;1-3-4-12-9-28-20(29-10-12)13-5-17(24)19(18(25)6-13)21(26,27)30-14-7-15(22)11(2)16(23)8-14;1-3-11-8-27-19(28-9-11)12-4-16(23)18(17(24)5-12)20(25,26)29-13-6-14(21)10(2)15(22)7-13/h7-10,14,22H,3-6,11-12H2,1-2H3;6-9,13,21H,3-5,10-11H2,1-2H3;5-8,12,20H,3-4,9-10H2,1-2H3;4-7,11,19H,3,8-9H2,1-2H3. The molecule has 0 radical (unpaired) electrons. The van der Waals surface area contributed by atoms with Gasteiger partial charge >= 0.3 is 24.4 Å². The van der Waals surface area contributed by atoms with E-state index in [9.17, 15) is 105 Å². The first kappa shape index (κ1) is 96.8. The smallest absolute Gasteiger partial charge is 0.429 e. The van der Waals surface area contributed by atoms with Crippen LogP contribution < -0.4 is 18.9 Å². The van der Waals surface area contributed by atoms with Crippen molar-refractivity contribution in [3.63, 3.8) is 0 Å². The van der Waals surface area contributed by atoms with Gasteiger partial charge in [0.25, 0.3) is 0 Å². The van der Waals surface area contributed by atoms with Crippen molar-refractivity contribution in [1.29, 1.82) is 0 Å². The molecule has 0 unspecified atom stereocenters. The van der Waals surface area contributed by atoms with E-state index in [1.165, 1.54) is 0 Å². The third kappa shape index (κ3) is 24.7. The minimum absolute atomic E-state index is 0.0982. The summed E-state index contributed by atoms with van der Waals surface area (Å²) < 4.78 is 400. The van der Waals surface area contributed by atoms with Crippen LogP contribution in [0.15, 0.2) is 97.1 Å². The van der Waals surface area contributed by atoms with Crippen LogP contribution in [0.5, 0.6) is 23.0 Å². The van der Waals surface area contributed by atoms with E-state index in [0.717, 1.165) is 91.9 Å². The molecular weight excluding hydrogens is 1680 g/mol. The van der Waals surface area contributed by atoms with Gasteiger partial charge in [-0.25, -0.2) is 70.2 Å². The van der Waals surface area contributed by atoms with Crippen molar-refractivity contribution in [2.45, 2.75) is 169 Å². The molecule has 0 amide bonds. The van der Waals surface area contributed by atoms with E-state index >= 15 is 0 Å². The maximum atomic E-state index is 14.5. The molecule has 4 fully saturated rings. The Hall–Kier alpha value is -9.04. The van der Waals surface area contributed by atoms with Gasteiger partial charge in [0.05, 0.1) is 52.9 Å². The second-order valence-corrected chi connectivity index (χ2v) is 29.3. The molecular formula is C86H84F24O12. The number of hydrogen-bond acceptors (Lipinski definition) is 12. The van der Waals surface area contributed by atoms with E-state index in [1.54, 1.807) is 0 Å². The molecule has 4 saturated heterocycles. The molecule has 4 heterocycles. The highest BCUT2D eigenvalue weighted by Gasteiger charge is 2.47. The molecule has 0 saturated carbocycles. The first-order valence-corrected chi connectivity index (χ1v) is 38.5. The van der Waals surface area contributed by atoms with Gasteiger partial charge in [-0.1, -0.05) is 66.2 Å². The number of unbranched alkanes of at least 4 members (excludes halogenated alkanes) is 3. The minimum atomic E-state index is -4.53. The molecule has 0 bridgehead atoms. The van der Waals surface area contributed by atoms with Gasteiger partial charge in [0.2, 0.25) is 0 Å². The highest BCUT2D eigenvalue weighted by atomic mass is 19.3. The van der Waals surface area contributed by atoms with E-state index in [2.05, 4.69) is 25.9 Å². The summed E-state index contributed by atoms with van der Waals surface area (Å²) in [6, 6.07) is 9.39. The molecule has 0 atom stereocenters. The Labute approximate surface area is 685 Å². The Balaban J connectivity index is 0.000000185. The Morgan fingerprint density at radius 3 is 0.623 bits per heavy atom. The van der Waals surface area contributed by atoms with Crippen molar-refractivity contribution in [2.24, 2.45) is 23.7 Å². The molecule has 0 aliphatic carbocycles. The molecule has 0 spiro atoms. The second-order valence-electron chi connectivity index (χ2n) is 29.3. The van der Waals surface area contributed by atoms with Crippen molar-refractivity contribution in [3.8, 4) is 23.0 Å². The van der Waals surface area contributed by atoms with Gasteiger partial charge in [0.1, 0.15) is 138 Å². The minimum Gasteiger partial charge on any atom is -0.429 e. The quantitative estimate of drug-likeness (QED) is 0.0380. The number of ether oxygens (including phenoxy) is 12. The molecule has 668 valence electrons. The number of hydrogen-bond donors (Lipinski definition) is 0. The van der Waals surface area contributed by atoms with E-state index in [-0.39, 0.29) is 45.9 Å². The summed E-state index contributed by atoms with van der Waals surface area (Å²) in [6.07, 6.45) is -13.0. The lowest BCUT2D eigenvalue weighted by Crippen LogP contribution is -2.28. The zero-order chi connectivity index (χ0) is 89.6. The van der Waals surface area contributed by atoms with Crippen LogP contribution in [-0.4, -0.2) is 52.9 Å². The third-order valence-electron chi connectivity index (χ3n) is 19.8. The molecule has 122 heavy (non-hydrogen) atoms. The summed E-state index contributed by atoms with van der Waals surface area (Å²) in [4.78, 5) is 0. The predicted octanol–water partition coefficient (Wildman–Crippen LogP) is 25.3. The Kier molecular flexibility index (Phi) is 33.4. The lowest BCUT2D eigenvalue weighted by molar-refractivity contribution is -0.206. The average molecular weight is 1770 g/mol. The maximum Gasteiger partial charge on any atom is 0.432 e. The van der Waals surface area contributed by atoms with Gasteiger partial charge in [-0.3, -0.25) is 0 Å². The summed E-state index contributed by atoms with van der Waals surface area (Å²) >= 11 is 0. The van der Waals surface area contributed by atoms with Gasteiger partial charge in [0, 0.05) is 117 Å². The lowest BCUT2D eigenvalue weighted by atomic mass is 10.0. The summed E-state index contributed by atoms with van der Waals surface area (Å²) in [5.41, 5.74) is -8.77. The Morgan fingerprint density at radius 1 is 0.246 bits per heavy atom. The summed E-state index contributed by atoms with van der Waals surface area (Å²) in [5.74, 6) is -25.0. The van der Waals surface area contributed by atoms with Crippen LogP contribution in [0.4, 0.5) is 105 Å². The van der Waals surface area contributed by atoms with Crippen LogP contribution in [0.25, 0.3) is 0 Å². The lowest BCUT2D eigenvalue weighted by Gasteiger charge is -2.30. The number of rotatable bonds is 26. The first-order chi connectivity index (χ1) is 57.5. The largest absolute Gasteiger partial charge is 0.432 e. The van der Waals surface area contributed by atoms with Crippen LogP contribution >= 0.6 is 0 Å². The maximum absolute atomic E-state index is 14.5. The SMILES string of the molecule is CCC1COC(c2cc(F)c(C(F)(F)Oc3cc(F)c(C)c(F)c3)c(F)c2)OC1.CCCC1COC(c2cc(F)c(C(F)(F)Oc3cc(F)c(C)c(F)c3)c(F)c2)OC1.CCCCC1COC(c2cc(F)c(C(F)(F)Oc3cc(F)c(C)c(F)c3)c(F)c2)OC1.CCCCCC1COC(c2cc(F)c(C(F)(F)Oc3cc(F)c(C)c(F)c3)c(F)c2)OC1. The Morgan fingerprint density at radius 2 is 0.434 bits per heavy atom. The van der Waals surface area contributed by atoms with E-state index in [0.29, 0.717) is 150 Å². The van der Waals surface area contributed by atoms with Crippen molar-refractivity contribution in [3.05, 3.63) is 257 Å². The average Bonchev–Trinajstić information content (AvgIpc) is 0.790. The van der Waals surface area contributed by atoms with Crippen LogP contribution in [0, 0.1) is 144 Å². The third-order valence-corrected chi connectivity index (χ3v) is 19.8. The molecule has 4 aliphatic rings. The predicted molar refractivity (Wildman–Crippen MR) is 389 cm³/mol. The van der Waals surface area contributed by atoms with Crippen LogP contribution in [-0.2, 0) is 62.3 Å². The van der Waals surface area contributed by atoms with Crippen molar-refractivity contribution in [1.82, 2.24) is 0 Å². The highest BCUT2D eigenvalue weighted by Crippen LogP contribution is 2.45. The normalized spacial score (nSPS) is 19.6. The van der Waals surface area contributed by atoms with Gasteiger partial charge < -0.3 is 56.8 Å². The molecule has 0 aromatic heterocycles. The van der Waals surface area contributed by atoms with Crippen molar-refractivity contribution >= 4 is 0 Å². The van der Waals surface area contributed by atoms with Crippen LogP contribution in [0.1, 0.15) is 184 Å². The molecule has 12 rings (SSSR count). The number of benzene rings is 8. The van der Waals surface area contributed by atoms with E-state index in [1.807, 2.05) is 20.8 Å². The highest BCUT2D eigenvalue weighted by molar-refractivity contribution is 5.39. The monoisotopic (exact) mass is 1760 g/mol. The molecule has 8 aromatic carbocycles. The molecule has 0 N–H and O–H groups in total. The fraction of sp³-hybridized carbons (Fsp3) is 0.442. The number of alkyl halides is 8. The van der Waals surface area contributed by atoms with Crippen molar-refractivity contribution in [2.75, 3.05) is 52.9 Å². The topological polar surface area (TPSA) is 111 Å². The number of halogens is 24. The van der Waals surface area contributed by atoms with E-state index < -0.39 is 210 Å². The first-order valence-electron chi connectivity index (χ1n) is 38.5. The fourth-order valence-electron chi connectivity index (χ4n) is 12.8. The molecule has 8 aromatic rings. The second kappa shape index (κ2) is 42.1. The van der Waals surface area contributed by atoms with Crippen LogP contribution in [0.2, 0.25) is 0 Å². The fourth-order valence-corrected chi connectivity index (χ4v) is 12.8. The zero-order valence-electron chi connectivity index (χ0n) is 66.6. The van der Waals surface area contributed by atoms with Gasteiger partial charge in [0.15, 0.2) is 25.2 Å². The summed E-state index contributed by atoms with van der Waals surface area (Å²) in [5, 5.41) is 0. The molecule has 12 nitrogen and oxygen atoms in total. The zero-order valence-corrected chi connectivity index (χ0v) is 66.6. The molecule has 36 heteroatoms. The molecule has 4 aliphatic heterocycles.